The molecule has 0 fully saturated rings. The molecule has 0 atom stereocenters. The Kier molecular flexibility index (Phi) is 3.79. The molecule has 2 N–H and O–H groups in total. The first-order valence-corrected chi connectivity index (χ1v) is 5.80. The van der Waals surface area contributed by atoms with Gasteiger partial charge in [0.2, 0.25) is 0 Å². The van der Waals surface area contributed by atoms with Crippen LogP contribution >= 0.6 is 0 Å². The number of rotatable bonds is 3. The summed E-state index contributed by atoms with van der Waals surface area (Å²) in [6, 6.07) is 3.98. The first kappa shape index (κ1) is 13.7. The van der Waals surface area contributed by atoms with E-state index in [0.29, 0.717) is 11.3 Å². The predicted molar refractivity (Wildman–Crippen MR) is 70.2 cm³/mol. The highest BCUT2D eigenvalue weighted by atomic mass is 16.7. The van der Waals surface area contributed by atoms with E-state index >= 15 is 0 Å². The van der Waals surface area contributed by atoms with Crippen molar-refractivity contribution in [1.82, 2.24) is 4.90 Å². The monoisotopic (exact) mass is 278 g/mol. The maximum atomic E-state index is 11.7. The Labute approximate surface area is 115 Å². The number of anilines is 1. The normalized spacial score (nSPS) is 13.5. The zero-order chi connectivity index (χ0) is 14.7. The minimum absolute atomic E-state index is 0.0851. The van der Waals surface area contributed by atoms with Crippen molar-refractivity contribution in [2.75, 3.05) is 19.4 Å². The molecule has 1 aromatic rings. The number of nitrogens with one attached hydrogen (secondary N) is 1. The fraction of sp³-hybridized carbons (Fsp3) is 0.231. The van der Waals surface area contributed by atoms with Gasteiger partial charge >= 0.3 is 12.0 Å². The molecule has 0 radical (unpaired) electrons. The van der Waals surface area contributed by atoms with Gasteiger partial charge in [-0.15, -0.1) is 0 Å². The SMILES string of the molecule is CN(C)C(=O)Nc1ccc(C(=O)O)cc1C1OC=CO1. The maximum absolute atomic E-state index is 11.7. The van der Waals surface area contributed by atoms with E-state index in [4.69, 9.17) is 14.6 Å². The molecular formula is C13H14N2O5. The first-order valence-electron chi connectivity index (χ1n) is 5.80. The topological polar surface area (TPSA) is 88.1 Å². The lowest BCUT2D eigenvalue weighted by atomic mass is 10.1. The van der Waals surface area contributed by atoms with E-state index < -0.39 is 12.3 Å². The molecule has 0 aliphatic carbocycles. The highest BCUT2D eigenvalue weighted by molar-refractivity contribution is 5.92. The number of amides is 2. The second kappa shape index (κ2) is 5.52. The van der Waals surface area contributed by atoms with Gasteiger partial charge in [-0.1, -0.05) is 0 Å². The van der Waals surface area contributed by atoms with Crippen LogP contribution in [-0.2, 0) is 9.47 Å². The van der Waals surface area contributed by atoms with Crippen LogP contribution in [0.4, 0.5) is 10.5 Å². The van der Waals surface area contributed by atoms with Crippen LogP contribution in [0.25, 0.3) is 0 Å². The Morgan fingerprint density at radius 2 is 1.90 bits per heavy atom. The van der Waals surface area contributed by atoms with Crippen LogP contribution in [0.2, 0.25) is 0 Å². The summed E-state index contributed by atoms with van der Waals surface area (Å²) in [7, 11) is 3.20. The Morgan fingerprint density at radius 1 is 1.25 bits per heavy atom. The largest absolute Gasteiger partial charge is 0.478 e. The summed E-state index contributed by atoms with van der Waals surface area (Å²) in [6.45, 7) is 0. The van der Waals surface area contributed by atoms with Crippen molar-refractivity contribution in [3.8, 4) is 0 Å². The number of ether oxygens (including phenoxy) is 2. The fourth-order valence-corrected chi connectivity index (χ4v) is 1.62. The molecule has 0 aromatic heterocycles. The van der Waals surface area contributed by atoms with E-state index in [1.807, 2.05) is 0 Å². The summed E-state index contributed by atoms with van der Waals surface area (Å²) in [6.07, 6.45) is 1.94. The quantitative estimate of drug-likeness (QED) is 0.882. The second-order valence-electron chi connectivity index (χ2n) is 4.31. The van der Waals surface area contributed by atoms with Crippen LogP contribution in [-0.4, -0.2) is 36.1 Å². The first-order chi connectivity index (χ1) is 9.49. The zero-order valence-corrected chi connectivity index (χ0v) is 11.0. The molecule has 0 spiro atoms. The highest BCUT2D eigenvalue weighted by Gasteiger charge is 2.22. The van der Waals surface area contributed by atoms with E-state index in [1.165, 1.54) is 35.6 Å². The lowest BCUT2D eigenvalue weighted by molar-refractivity contribution is -0.0240. The molecule has 0 saturated carbocycles. The van der Waals surface area contributed by atoms with E-state index in [2.05, 4.69) is 5.32 Å². The lowest BCUT2D eigenvalue weighted by Gasteiger charge is -2.18. The molecule has 1 aliphatic rings. The number of urea groups is 1. The number of carboxylic acids is 1. The van der Waals surface area contributed by atoms with E-state index in [0.717, 1.165) is 0 Å². The van der Waals surface area contributed by atoms with Crippen molar-refractivity contribution in [1.29, 1.82) is 0 Å². The number of carbonyl (C=O) groups is 2. The number of nitrogens with zero attached hydrogens (tertiary/aromatic N) is 1. The van der Waals surface area contributed by atoms with Gasteiger partial charge < -0.3 is 24.8 Å². The number of benzene rings is 1. The Morgan fingerprint density at radius 3 is 2.45 bits per heavy atom. The van der Waals surface area contributed by atoms with Crippen molar-refractivity contribution in [2.45, 2.75) is 6.29 Å². The van der Waals surface area contributed by atoms with Gasteiger partial charge in [0.25, 0.3) is 6.29 Å². The third-order valence-corrected chi connectivity index (χ3v) is 2.66. The van der Waals surface area contributed by atoms with Gasteiger partial charge in [0.15, 0.2) is 0 Å². The van der Waals surface area contributed by atoms with Crippen molar-refractivity contribution in [3.05, 3.63) is 41.9 Å². The molecule has 2 rings (SSSR count). The smallest absolute Gasteiger partial charge is 0.335 e. The minimum atomic E-state index is -1.07. The van der Waals surface area contributed by atoms with Crippen LogP contribution in [0.3, 0.4) is 0 Å². The molecule has 2 amide bonds. The molecule has 20 heavy (non-hydrogen) atoms. The molecule has 0 unspecified atom stereocenters. The van der Waals surface area contributed by atoms with Gasteiger partial charge in [0.1, 0.15) is 12.5 Å². The number of aromatic carboxylic acids is 1. The average molecular weight is 278 g/mol. The molecule has 0 bridgehead atoms. The summed E-state index contributed by atoms with van der Waals surface area (Å²) < 4.78 is 10.4. The van der Waals surface area contributed by atoms with Gasteiger partial charge in [0.05, 0.1) is 16.8 Å². The van der Waals surface area contributed by atoms with Gasteiger partial charge in [-0.05, 0) is 18.2 Å². The van der Waals surface area contributed by atoms with E-state index in [9.17, 15) is 9.59 Å². The summed E-state index contributed by atoms with van der Waals surface area (Å²) in [5.74, 6) is -1.07. The molecule has 7 nitrogen and oxygen atoms in total. The molecule has 7 heteroatoms. The Hall–Kier alpha value is -2.70. The van der Waals surface area contributed by atoms with Crippen LogP contribution in [0.15, 0.2) is 30.7 Å². The van der Waals surface area contributed by atoms with Crippen molar-refractivity contribution < 1.29 is 24.2 Å². The number of carbonyl (C=O) groups excluding carboxylic acids is 1. The third-order valence-electron chi connectivity index (χ3n) is 2.66. The Balaban J connectivity index is 2.34. The van der Waals surface area contributed by atoms with Crippen molar-refractivity contribution in [2.24, 2.45) is 0 Å². The minimum Gasteiger partial charge on any atom is -0.478 e. The summed E-state index contributed by atoms with van der Waals surface area (Å²) in [5, 5.41) is 11.7. The van der Waals surface area contributed by atoms with Crippen LogP contribution in [0.1, 0.15) is 22.2 Å². The average Bonchev–Trinajstić information content (AvgIpc) is 2.92. The molecule has 1 aliphatic heterocycles. The van der Waals surface area contributed by atoms with Crippen LogP contribution in [0, 0.1) is 0 Å². The lowest BCUT2D eigenvalue weighted by Crippen LogP contribution is -2.28. The Bertz CT molecular complexity index is 560. The maximum Gasteiger partial charge on any atom is 0.335 e. The van der Waals surface area contributed by atoms with E-state index in [-0.39, 0.29) is 11.6 Å². The zero-order valence-electron chi connectivity index (χ0n) is 11.0. The molecule has 106 valence electrons. The van der Waals surface area contributed by atoms with Gasteiger partial charge in [0, 0.05) is 14.1 Å². The van der Waals surface area contributed by atoms with Crippen molar-refractivity contribution in [3.63, 3.8) is 0 Å². The third kappa shape index (κ3) is 2.82. The standard InChI is InChI=1S/C13H14N2O5/c1-15(2)13(18)14-10-4-3-8(11(16)17)7-9(10)12-19-5-6-20-12/h3-7,12H,1-2H3,(H,14,18)(H,16,17). The molecule has 1 heterocycles. The number of hydrogen-bond acceptors (Lipinski definition) is 4. The summed E-state index contributed by atoms with van der Waals surface area (Å²) in [4.78, 5) is 24.1. The van der Waals surface area contributed by atoms with E-state index in [1.54, 1.807) is 14.1 Å². The molecular weight excluding hydrogens is 264 g/mol. The fourth-order valence-electron chi connectivity index (χ4n) is 1.62. The van der Waals surface area contributed by atoms with Gasteiger partial charge in [-0.25, -0.2) is 9.59 Å². The van der Waals surface area contributed by atoms with Crippen molar-refractivity contribution >= 4 is 17.7 Å². The predicted octanol–water partition coefficient (Wildman–Crippen LogP) is 1.99. The molecule has 1 aromatic carbocycles. The van der Waals surface area contributed by atoms with Crippen LogP contribution in [0.5, 0.6) is 0 Å². The van der Waals surface area contributed by atoms with Gasteiger partial charge in [-0.2, -0.15) is 0 Å². The number of carboxylic acid groups (broad SMARTS) is 1. The van der Waals surface area contributed by atoms with Gasteiger partial charge in [-0.3, -0.25) is 0 Å². The summed E-state index contributed by atoms with van der Waals surface area (Å²) in [5.41, 5.74) is 0.953. The van der Waals surface area contributed by atoms with Crippen LogP contribution < -0.4 is 5.32 Å². The second-order valence-corrected chi connectivity index (χ2v) is 4.31. The summed E-state index contributed by atoms with van der Waals surface area (Å²) >= 11 is 0. The highest BCUT2D eigenvalue weighted by Crippen LogP contribution is 2.31. The molecule has 0 saturated heterocycles. The number of hydrogen-bond donors (Lipinski definition) is 2.